The van der Waals surface area contributed by atoms with E-state index in [9.17, 15) is 14.7 Å². The Morgan fingerprint density at radius 3 is 2.56 bits per heavy atom. The van der Waals surface area contributed by atoms with E-state index in [1.165, 1.54) is 9.80 Å². The van der Waals surface area contributed by atoms with Gasteiger partial charge in [-0.1, -0.05) is 11.8 Å². The molecule has 3 aromatic rings. The fraction of sp³-hybridized carbons (Fsp3) is 0.375. The molecular weight excluding hydrogens is 408 g/mol. The van der Waals surface area contributed by atoms with Crippen LogP contribution in [0.5, 0.6) is 0 Å². The first kappa shape index (κ1) is 21.8. The highest BCUT2D eigenvalue weighted by atomic mass is 16.3. The number of carbonyl (C=O) groups excluding carboxylic acids is 2. The van der Waals surface area contributed by atoms with Crippen LogP contribution in [0, 0.1) is 13.8 Å². The van der Waals surface area contributed by atoms with Crippen LogP contribution in [0.25, 0.3) is 11.4 Å². The van der Waals surface area contributed by atoms with Crippen molar-refractivity contribution in [2.45, 2.75) is 33.7 Å². The quantitative estimate of drug-likeness (QED) is 0.334. The summed E-state index contributed by atoms with van der Waals surface area (Å²) < 4.78 is 7.48. The molecule has 0 aromatic carbocycles. The van der Waals surface area contributed by atoms with Crippen LogP contribution < -0.4 is 10.0 Å². The Morgan fingerprint density at radius 2 is 1.91 bits per heavy atom. The summed E-state index contributed by atoms with van der Waals surface area (Å²) in [6.45, 7) is 10.5. The minimum Gasteiger partial charge on any atom is -0.871 e. The lowest BCUT2D eigenvalue weighted by molar-refractivity contribution is -0.895. The van der Waals surface area contributed by atoms with Crippen LogP contribution in [-0.2, 0) is 9.59 Å². The van der Waals surface area contributed by atoms with Gasteiger partial charge in [-0.15, -0.1) is 0 Å². The Hall–Kier alpha value is -3.39. The molecule has 1 fully saturated rings. The summed E-state index contributed by atoms with van der Waals surface area (Å²) in [7, 11) is 0. The van der Waals surface area contributed by atoms with Crippen molar-refractivity contribution in [3.05, 3.63) is 65.0 Å². The Morgan fingerprint density at radius 1 is 1.16 bits per heavy atom. The smallest absolute Gasteiger partial charge is 0.295 e. The number of quaternary nitrogens is 1. The number of aromatic nitrogens is 2. The number of hydrogen-bond acceptors (Lipinski definition) is 5. The number of nitrogens with one attached hydrogen (secondary N) is 1. The summed E-state index contributed by atoms with van der Waals surface area (Å²) in [5, 5.41) is 13.7. The number of carbonyl (C=O) groups is 2. The normalized spacial score (nSPS) is 18.4. The first-order valence-electron chi connectivity index (χ1n) is 11.0. The molecule has 0 bridgehead atoms. The van der Waals surface area contributed by atoms with Gasteiger partial charge in [0.05, 0.1) is 37.6 Å². The zero-order valence-electron chi connectivity index (χ0n) is 18.8. The van der Waals surface area contributed by atoms with Crippen molar-refractivity contribution in [1.82, 2.24) is 14.3 Å². The molecule has 8 nitrogen and oxygen atoms in total. The number of likely N-dealkylation sites (N-methyl/N-ethyl adjacent to an activating group) is 1. The maximum Gasteiger partial charge on any atom is 0.295 e. The summed E-state index contributed by atoms with van der Waals surface area (Å²) in [5.41, 5.74) is 1.33. The molecule has 168 valence electrons. The second-order valence-electron chi connectivity index (χ2n) is 8.10. The third kappa shape index (κ3) is 3.60. The van der Waals surface area contributed by atoms with Crippen LogP contribution in [0.1, 0.15) is 42.8 Å². The summed E-state index contributed by atoms with van der Waals surface area (Å²) >= 11 is 0. The van der Waals surface area contributed by atoms with Crippen LogP contribution in [0.4, 0.5) is 0 Å². The van der Waals surface area contributed by atoms with Crippen molar-refractivity contribution in [1.29, 1.82) is 0 Å². The minimum atomic E-state index is -0.847. The zero-order chi connectivity index (χ0) is 23.0. The van der Waals surface area contributed by atoms with Crippen molar-refractivity contribution in [3.63, 3.8) is 0 Å². The SMILES string of the molecule is CC[NH+](CC)CCN1C(=O)C(=O)C(=C([O-])c2c(C)nc3ccccn23)C1c1ccc(C)o1. The molecule has 3 aromatic heterocycles. The van der Waals surface area contributed by atoms with E-state index in [-0.39, 0.29) is 5.57 Å². The number of fused-ring (bicyclic) bond motifs is 1. The topological polar surface area (TPSA) is 95.3 Å². The van der Waals surface area contributed by atoms with Gasteiger partial charge in [-0.25, -0.2) is 4.98 Å². The number of rotatable bonds is 7. The lowest BCUT2D eigenvalue weighted by Gasteiger charge is -2.27. The third-order valence-electron chi connectivity index (χ3n) is 6.19. The number of nitrogens with zero attached hydrogens (tertiary/aromatic N) is 3. The van der Waals surface area contributed by atoms with Crippen LogP contribution in [0.2, 0.25) is 0 Å². The molecule has 0 saturated carbocycles. The van der Waals surface area contributed by atoms with E-state index in [2.05, 4.69) is 18.8 Å². The second kappa shape index (κ2) is 8.63. The number of hydrogen-bond donors (Lipinski definition) is 1. The zero-order valence-corrected chi connectivity index (χ0v) is 18.8. The summed E-state index contributed by atoms with van der Waals surface area (Å²) in [6.07, 6.45) is 1.73. The lowest BCUT2D eigenvalue weighted by Crippen LogP contribution is -3.12. The largest absolute Gasteiger partial charge is 0.871 e. The van der Waals surface area contributed by atoms with Crippen LogP contribution in [0.3, 0.4) is 0 Å². The maximum atomic E-state index is 13.7. The molecule has 1 N–H and O–H groups in total. The van der Waals surface area contributed by atoms with Gasteiger partial charge in [0.2, 0.25) is 5.78 Å². The average Bonchev–Trinajstić information content (AvgIpc) is 3.42. The third-order valence-corrected chi connectivity index (χ3v) is 6.19. The molecule has 1 aliphatic rings. The molecule has 32 heavy (non-hydrogen) atoms. The van der Waals surface area contributed by atoms with E-state index in [1.807, 2.05) is 6.07 Å². The van der Waals surface area contributed by atoms with Crippen LogP contribution >= 0.6 is 0 Å². The highest BCUT2D eigenvalue weighted by Crippen LogP contribution is 2.39. The van der Waals surface area contributed by atoms with Gasteiger partial charge >= 0.3 is 0 Å². The molecule has 1 saturated heterocycles. The fourth-order valence-electron chi connectivity index (χ4n) is 4.39. The van der Waals surface area contributed by atoms with Gasteiger partial charge in [-0.05, 0) is 52.0 Å². The van der Waals surface area contributed by atoms with Gasteiger partial charge in [-0.2, -0.15) is 0 Å². The van der Waals surface area contributed by atoms with Gasteiger partial charge in [0.15, 0.2) is 0 Å². The number of imidazole rings is 1. The molecular formula is C24H28N4O4. The fourth-order valence-corrected chi connectivity index (χ4v) is 4.39. The van der Waals surface area contributed by atoms with Crippen molar-refractivity contribution in [2.24, 2.45) is 0 Å². The van der Waals surface area contributed by atoms with E-state index >= 15 is 0 Å². The molecule has 1 unspecified atom stereocenters. The number of pyridine rings is 1. The first-order valence-corrected chi connectivity index (χ1v) is 11.0. The van der Waals surface area contributed by atoms with Crippen LogP contribution in [0.15, 0.2) is 46.5 Å². The molecule has 1 aliphatic heterocycles. The Balaban J connectivity index is 1.86. The molecule has 1 atom stereocenters. The van der Waals surface area contributed by atoms with E-state index in [0.29, 0.717) is 41.6 Å². The second-order valence-corrected chi connectivity index (χ2v) is 8.10. The summed E-state index contributed by atoms with van der Waals surface area (Å²) in [6, 6.07) is 8.08. The van der Waals surface area contributed by atoms with Crippen LogP contribution in [-0.4, -0.2) is 52.2 Å². The Bertz CT molecular complexity index is 1200. The number of Topliss-reactive ketones (excluding diaryl/α,β-unsaturated/α-hetero) is 1. The van der Waals surface area contributed by atoms with Crippen molar-refractivity contribution >= 4 is 23.1 Å². The molecule has 0 aliphatic carbocycles. The Kier molecular flexibility index (Phi) is 5.88. The highest BCUT2D eigenvalue weighted by Gasteiger charge is 2.46. The number of amides is 1. The standard InChI is InChI=1S/C24H28N4O4/c1-5-26(6-2)13-14-28-21(17-11-10-15(3)32-17)19(23(30)24(28)31)22(29)20-16(4)25-18-9-7-8-12-27(18)20/h7-12,21,29H,5-6,13-14H2,1-4H3. The van der Waals surface area contributed by atoms with E-state index in [1.54, 1.807) is 48.7 Å². The minimum absolute atomic E-state index is 0.0762. The first-order chi connectivity index (χ1) is 15.4. The van der Waals surface area contributed by atoms with Gasteiger partial charge in [-0.3, -0.25) is 9.59 Å². The van der Waals surface area contributed by atoms with Crippen molar-refractivity contribution in [2.75, 3.05) is 26.2 Å². The average molecular weight is 437 g/mol. The number of aryl methyl sites for hydroxylation is 2. The number of likely N-dealkylation sites (tertiary alicyclic amines) is 1. The maximum absolute atomic E-state index is 13.7. The molecule has 8 heteroatoms. The number of furan rings is 1. The van der Waals surface area contributed by atoms with Gasteiger partial charge in [0, 0.05) is 11.8 Å². The summed E-state index contributed by atoms with van der Waals surface area (Å²) in [4.78, 5) is 33.4. The monoisotopic (exact) mass is 436 g/mol. The molecule has 4 heterocycles. The van der Waals surface area contributed by atoms with Crippen molar-refractivity contribution < 1.29 is 24.0 Å². The number of ketones is 1. The van der Waals surface area contributed by atoms with Gasteiger partial charge in [0.1, 0.15) is 23.2 Å². The van der Waals surface area contributed by atoms with E-state index in [4.69, 9.17) is 4.42 Å². The van der Waals surface area contributed by atoms with Gasteiger partial charge < -0.3 is 23.7 Å². The lowest BCUT2D eigenvalue weighted by atomic mass is 10.0. The molecule has 0 radical (unpaired) electrons. The Labute approximate surface area is 186 Å². The van der Waals surface area contributed by atoms with Crippen molar-refractivity contribution in [3.8, 4) is 0 Å². The molecule has 0 spiro atoms. The molecule has 1 amide bonds. The molecule has 4 rings (SSSR count). The predicted molar refractivity (Wildman–Crippen MR) is 117 cm³/mol. The predicted octanol–water partition coefficient (Wildman–Crippen LogP) is 0.693. The highest BCUT2D eigenvalue weighted by molar-refractivity contribution is 6.46. The van der Waals surface area contributed by atoms with E-state index < -0.39 is 23.5 Å². The van der Waals surface area contributed by atoms with Gasteiger partial charge in [0.25, 0.3) is 5.91 Å². The summed E-state index contributed by atoms with van der Waals surface area (Å²) in [5.74, 6) is -0.847. The van der Waals surface area contributed by atoms with E-state index in [0.717, 1.165) is 13.1 Å².